The third-order valence-corrected chi connectivity index (χ3v) is 6.06. The van der Waals surface area contributed by atoms with Gasteiger partial charge in [-0.05, 0) is 44.2 Å². The number of likely N-dealkylation sites (tertiary alicyclic amines) is 1. The normalized spacial score (nSPS) is 28.7. The Morgan fingerprint density at radius 2 is 2.12 bits per heavy atom. The third-order valence-electron chi connectivity index (χ3n) is 6.06. The number of hydrogen-bond donors (Lipinski definition) is 1. The van der Waals surface area contributed by atoms with Crippen LogP contribution in [0.4, 0.5) is 0 Å². The molecule has 1 aromatic carbocycles. The van der Waals surface area contributed by atoms with E-state index in [1.54, 1.807) is 7.11 Å². The molecule has 2 heterocycles. The molecule has 5 nitrogen and oxygen atoms in total. The van der Waals surface area contributed by atoms with Crippen LogP contribution in [0.5, 0.6) is 5.75 Å². The first kappa shape index (κ1) is 17.4. The van der Waals surface area contributed by atoms with Gasteiger partial charge in [0.2, 0.25) is 0 Å². The van der Waals surface area contributed by atoms with E-state index in [0.29, 0.717) is 5.92 Å². The Balaban J connectivity index is 1.58. The van der Waals surface area contributed by atoms with E-state index in [1.807, 2.05) is 43.5 Å². The Hall–Kier alpha value is -1.98. The largest absolute Gasteiger partial charge is 0.496 e. The molecule has 2 fully saturated rings. The van der Waals surface area contributed by atoms with Crippen molar-refractivity contribution in [3.63, 3.8) is 0 Å². The maximum absolute atomic E-state index is 11.7. The summed E-state index contributed by atoms with van der Waals surface area (Å²) in [6.07, 6.45) is 4.86. The summed E-state index contributed by atoms with van der Waals surface area (Å²) in [5.41, 5.74) is 1.18. The van der Waals surface area contributed by atoms with Crippen molar-refractivity contribution >= 4 is 0 Å². The summed E-state index contributed by atoms with van der Waals surface area (Å²) in [6.45, 7) is 4.65. The van der Waals surface area contributed by atoms with Gasteiger partial charge in [0.25, 0.3) is 0 Å². The van der Waals surface area contributed by atoms with Gasteiger partial charge in [-0.15, -0.1) is 0 Å². The molecule has 1 aromatic heterocycles. The molecule has 1 saturated carbocycles. The molecule has 1 N–H and O–H groups in total. The van der Waals surface area contributed by atoms with Gasteiger partial charge in [0.05, 0.1) is 18.4 Å². The van der Waals surface area contributed by atoms with Gasteiger partial charge in [0.1, 0.15) is 11.6 Å². The second-order valence-corrected chi connectivity index (χ2v) is 7.67. The fourth-order valence-electron chi connectivity index (χ4n) is 4.90. The highest BCUT2D eigenvalue weighted by Crippen LogP contribution is 2.50. The fraction of sp³-hybridized carbons (Fsp3) is 0.524. The van der Waals surface area contributed by atoms with Crippen LogP contribution in [-0.2, 0) is 12.1 Å². The summed E-state index contributed by atoms with van der Waals surface area (Å²) in [6, 6.07) is 9.92. The average Bonchev–Trinajstić information content (AvgIpc) is 3.06. The predicted molar refractivity (Wildman–Crippen MR) is 99.8 cm³/mol. The second-order valence-electron chi connectivity index (χ2n) is 7.67. The number of methoxy groups -OCH3 is 1. The predicted octanol–water partition coefficient (Wildman–Crippen LogP) is 2.91. The number of nitrogens with zero attached hydrogens (tertiary/aromatic N) is 3. The monoisotopic (exact) mass is 353 g/mol. The Morgan fingerprint density at radius 3 is 2.92 bits per heavy atom. The van der Waals surface area contributed by atoms with E-state index in [2.05, 4.69) is 14.9 Å². The van der Waals surface area contributed by atoms with E-state index >= 15 is 0 Å². The SMILES string of the molecule is COc1ccccc1C1(O)CCCC2CN(Cc3ccnc(C)n3)CC21. The van der Waals surface area contributed by atoms with Crippen molar-refractivity contribution in [1.82, 2.24) is 14.9 Å². The highest BCUT2D eigenvalue weighted by Gasteiger charge is 2.50. The molecule has 2 aromatic rings. The molecule has 1 aliphatic heterocycles. The highest BCUT2D eigenvalue weighted by atomic mass is 16.5. The molecule has 138 valence electrons. The first-order valence-corrected chi connectivity index (χ1v) is 9.47. The van der Waals surface area contributed by atoms with Crippen molar-refractivity contribution in [3.05, 3.63) is 53.6 Å². The topological polar surface area (TPSA) is 58.5 Å². The standard InChI is InChI=1S/C21H27N3O2/c1-15-22-11-9-17(23-15)13-24-12-16-6-5-10-21(25,19(16)14-24)18-7-3-4-8-20(18)26-2/h3-4,7-9,11,16,19,25H,5-6,10,12-14H2,1-2H3. The number of hydrogen-bond acceptors (Lipinski definition) is 5. The van der Waals surface area contributed by atoms with Crippen molar-refractivity contribution in [3.8, 4) is 5.75 Å². The summed E-state index contributed by atoms with van der Waals surface area (Å²) in [4.78, 5) is 11.2. The fourth-order valence-corrected chi connectivity index (χ4v) is 4.90. The Morgan fingerprint density at radius 1 is 1.27 bits per heavy atom. The highest BCUT2D eigenvalue weighted by molar-refractivity contribution is 5.39. The van der Waals surface area contributed by atoms with Crippen LogP contribution < -0.4 is 4.74 Å². The number of aliphatic hydroxyl groups is 1. The molecule has 0 bridgehead atoms. The minimum Gasteiger partial charge on any atom is -0.496 e. The quantitative estimate of drug-likeness (QED) is 0.916. The first-order chi connectivity index (χ1) is 12.6. The van der Waals surface area contributed by atoms with Gasteiger partial charge in [-0.3, -0.25) is 4.90 Å². The molecular formula is C21H27N3O2. The van der Waals surface area contributed by atoms with E-state index in [4.69, 9.17) is 4.74 Å². The zero-order valence-electron chi connectivity index (χ0n) is 15.6. The summed E-state index contributed by atoms with van der Waals surface area (Å²) in [5.74, 6) is 2.35. The zero-order valence-corrected chi connectivity index (χ0v) is 15.6. The minimum absolute atomic E-state index is 0.232. The van der Waals surface area contributed by atoms with Gasteiger partial charge in [-0.2, -0.15) is 0 Å². The van der Waals surface area contributed by atoms with Gasteiger partial charge < -0.3 is 9.84 Å². The van der Waals surface area contributed by atoms with Crippen LogP contribution in [0, 0.1) is 18.8 Å². The van der Waals surface area contributed by atoms with E-state index in [1.165, 1.54) is 6.42 Å². The van der Waals surface area contributed by atoms with Crippen LogP contribution >= 0.6 is 0 Å². The number of ether oxygens (including phenoxy) is 1. The van der Waals surface area contributed by atoms with Crippen LogP contribution in [0.1, 0.15) is 36.3 Å². The van der Waals surface area contributed by atoms with Crippen molar-refractivity contribution in [2.24, 2.45) is 11.8 Å². The lowest BCUT2D eigenvalue weighted by molar-refractivity contribution is -0.0662. The van der Waals surface area contributed by atoms with Crippen LogP contribution in [0.3, 0.4) is 0 Å². The molecule has 0 spiro atoms. The lowest BCUT2D eigenvalue weighted by atomic mass is 9.67. The number of rotatable bonds is 4. The van der Waals surface area contributed by atoms with Crippen molar-refractivity contribution < 1.29 is 9.84 Å². The van der Waals surface area contributed by atoms with Gasteiger partial charge >= 0.3 is 0 Å². The summed E-state index contributed by atoms with van der Waals surface area (Å²) < 4.78 is 5.56. The molecule has 0 radical (unpaired) electrons. The molecule has 3 unspecified atom stereocenters. The van der Waals surface area contributed by atoms with E-state index < -0.39 is 5.60 Å². The number of benzene rings is 1. The van der Waals surface area contributed by atoms with Gasteiger partial charge in [-0.1, -0.05) is 18.2 Å². The Bertz CT molecular complexity index is 781. The van der Waals surface area contributed by atoms with E-state index in [-0.39, 0.29) is 5.92 Å². The summed E-state index contributed by atoms with van der Waals surface area (Å²) >= 11 is 0. The number of para-hydroxylation sites is 1. The van der Waals surface area contributed by atoms with Crippen molar-refractivity contribution in [2.75, 3.05) is 20.2 Å². The number of fused-ring (bicyclic) bond motifs is 1. The minimum atomic E-state index is -0.814. The molecule has 3 atom stereocenters. The maximum Gasteiger partial charge on any atom is 0.125 e. The molecule has 1 aliphatic carbocycles. The van der Waals surface area contributed by atoms with E-state index in [0.717, 1.165) is 55.3 Å². The van der Waals surface area contributed by atoms with E-state index in [9.17, 15) is 5.11 Å². The molecule has 2 aliphatic rings. The maximum atomic E-state index is 11.7. The van der Waals surface area contributed by atoms with Gasteiger partial charge in [-0.25, -0.2) is 9.97 Å². The molecule has 5 heteroatoms. The van der Waals surface area contributed by atoms with Crippen LogP contribution in [0.15, 0.2) is 36.5 Å². The van der Waals surface area contributed by atoms with Crippen LogP contribution in [0.25, 0.3) is 0 Å². The second kappa shape index (κ2) is 6.97. The molecule has 26 heavy (non-hydrogen) atoms. The smallest absolute Gasteiger partial charge is 0.125 e. The number of aromatic nitrogens is 2. The third kappa shape index (κ3) is 3.10. The zero-order chi connectivity index (χ0) is 18.1. The molecule has 0 amide bonds. The van der Waals surface area contributed by atoms with Crippen molar-refractivity contribution in [2.45, 2.75) is 38.3 Å². The lowest BCUT2D eigenvalue weighted by Crippen LogP contribution is -2.43. The number of aryl methyl sites for hydroxylation is 1. The Kier molecular flexibility index (Phi) is 4.67. The van der Waals surface area contributed by atoms with Gasteiger partial charge in [0, 0.05) is 37.3 Å². The Labute approximate surface area is 155 Å². The van der Waals surface area contributed by atoms with Crippen molar-refractivity contribution in [1.29, 1.82) is 0 Å². The van der Waals surface area contributed by atoms with Crippen LogP contribution in [-0.4, -0.2) is 40.2 Å². The lowest BCUT2D eigenvalue weighted by Gasteiger charge is -2.42. The molecule has 4 rings (SSSR count). The summed E-state index contributed by atoms with van der Waals surface area (Å²) in [5, 5.41) is 11.7. The van der Waals surface area contributed by atoms with Gasteiger partial charge in [0.15, 0.2) is 0 Å². The average molecular weight is 353 g/mol. The molecular weight excluding hydrogens is 326 g/mol. The summed E-state index contributed by atoms with van der Waals surface area (Å²) in [7, 11) is 1.68. The first-order valence-electron chi connectivity index (χ1n) is 9.47. The molecule has 1 saturated heterocycles. The van der Waals surface area contributed by atoms with Crippen LogP contribution in [0.2, 0.25) is 0 Å².